The summed E-state index contributed by atoms with van der Waals surface area (Å²) in [5, 5.41) is 5.42. The fourth-order valence-corrected chi connectivity index (χ4v) is 2.70. The first kappa shape index (κ1) is 18.1. The van der Waals surface area contributed by atoms with Gasteiger partial charge in [0.15, 0.2) is 6.73 Å². The van der Waals surface area contributed by atoms with E-state index in [1.165, 1.54) is 5.56 Å². The van der Waals surface area contributed by atoms with Crippen LogP contribution in [0.3, 0.4) is 0 Å². The van der Waals surface area contributed by atoms with Crippen molar-refractivity contribution in [2.45, 2.75) is 39.0 Å². The number of carbonyl (C=O) groups is 2. The van der Waals surface area contributed by atoms with Crippen molar-refractivity contribution >= 4 is 11.9 Å². The van der Waals surface area contributed by atoms with Crippen molar-refractivity contribution in [1.82, 2.24) is 15.5 Å². The monoisotopic (exact) mass is 333 g/mol. The molecule has 0 bridgehead atoms. The molecule has 2 N–H and O–H groups in total. The molecule has 1 aliphatic rings. The summed E-state index contributed by atoms with van der Waals surface area (Å²) in [5.41, 5.74) is 1.28. The normalized spacial score (nSPS) is 13.9. The van der Waals surface area contributed by atoms with Crippen LogP contribution in [0.4, 0.5) is 4.79 Å². The zero-order valence-electron chi connectivity index (χ0n) is 14.3. The minimum Gasteiger partial charge on any atom is -0.473 e. The summed E-state index contributed by atoms with van der Waals surface area (Å²) < 4.78 is 5.49. The Morgan fingerprint density at radius 1 is 1.25 bits per heavy atom. The van der Waals surface area contributed by atoms with Gasteiger partial charge in [0.25, 0.3) is 0 Å². The lowest BCUT2D eigenvalue weighted by Gasteiger charge is -2.15. The molecule has 1 fully saturated rings. The molecule has 1 aliphatic heterocycles. The number of amides is 3. The van der Waals surface area contributed by atoms with Gasteiger partial charge in [-0.05, 0) is 37.0 Å². The second kappa shape index (κ2) is 9.80. The largest absolute Gasteiger partial charge is 0.473 e. The molecule has 1 heterocycles. The van der Waals surface area contributed by atoms with Gasteiger partial charge < -0.3 is 20.3 Å². The Labute approximate surface area is 143 Å². The van der Waals surface area contributed by atoms with Gasteiger partial charge in [-0.1, -0.05) is 25.5 Å². The fourth-order valence-electron chi connectivity index (χ4n) is 2.70. The second-order valence-corrected chi connectivity index (χ2v) is 5.95. The fraction of sp³-hybridized carbons (Fsp3) is 0.556. The summed E-state index contributed by atoms with van der Waals surface area (Å²) in [5.74, 6) is 0.959. The van der Waals surface area contributed by atoms with Crippen molar-refractivity contribution in [3.63, 3.8) is 0 Å². The van der Waals surface area contributed by atoms with Crippen molar-refractivity contribution < 1.29 is 14.3 Å². The van der Waals surface area contributed by atoms with Crippen LogP contribution < -0.4 is 15.4 Å². The molecule has 0 spiro atoms. The number of likely N-dealkylation sites (tertiary alicyclic amines) is 1. The van der Waals surface area contributed by atoms with E-state index in [1.807, 2.05) is 29.2 Å². The van der Waals surface area contributed by atoms with E-state index in [4.69, 9.17) is 4.74 Å². The van der Waals surface area contributed by atoms with E-state index in [0.29, 0.717) is 19.5 Å². The summed E-state index contributed by atoms with van der Waals surface area (Å²) in [6.07, 6.45) is 4.55. The molecule has 2 rings (SSSR count). The molecule has 1 aromatic rings. The smallest absolute Gasteiger partial charge is 0.317 e. The number of urea groups is 1. The Bertz CT molecular complexity index is 531. The van der Waals surface area contributed by atoms with Crippen LogP contribution in [0.2, 0.25) is 0 Å². The van der Waals surface area contributed by atoms with Gasteiger partial charge >= 0.3 is 6.03 Å². The van der Waals surface area contributed by atoms with Gasteiger partial charge in [-0.15, -0.1) is 0 Å². The first-order valence-corrected chi connectivity index (χ1v) is 8.70. The van der Waals surface area contributed by atoms with Crippen LogP contribution in [0.1, 0.15) is 38.2 Å². The molecule has 0 aromatic heterocycles. The molecule has 132 valence electrons. The minimum absolute atomic E-state index is 0.129. The topological polar surface area (TPSA) is 70.7 Å². The van der Waals surface area contributed by atoms with Crippen molar-refractivity contribution in [2.24, 2.45) is 0 Å². The van der Waals surface area contributed by atoms with Crippen LogP contribution in [0.25, 0.3) is 0 Å². The third-order valence-corrected chi connectivity index (χ3v) is 4.00. The number of rotatable bonds is 9. The Morgan fingerprint density at radius 3 is 2.71 bits per heavy atom. The maximum absolute atomic E-state index is 11.7. The van der Waals surface area contributed by atoms with Gasteiger partial charge in [-0.3, -0.25) is 4.79 Å². The Kier molecular flexibility index (Phi) is 7.39. The first-order valence-electron chi connectivity index (χ1n) is 8.70. The van der Waals surface area contributed by atoms with Crippen molar-refractivity contribution in [1.29, 1.82) is 0 Å². The van der Waals surface area contributed by atoms with E-state index in [0.717, 1.165) is 38.0 Å². The average molecular weight is 333 g/mol. The van der Waals surface area contributed by atoms with E-state index in [2.05, 4.69) is 17.6 Å². The molecule has 1 saturated heterocycles. The number of carbonyl (C=O) groups excluding carboxylic acids is 2. The maximum Gasteiger partial charge on any atom is 0.317 e. The van der Waals surface area contributed by atoms with Gasteiger partial charge in [-0.2, -0.15) is 0 Å². The number of benzene rings is 1. The first-order chi connectivity index (χ1) is 11.7. The van der Waals surface area contributed by atoms with E-state index in [9.17, 15) is 9.59 Å². The molecule has 6 nitrogen and oxygen atoms in total. The van der Waals surface area contributed by atoms with Gasteiger partial charge in [-0.25, -0.2) is 4.79 Å². The lowest BCUT2D eigenvalue weighted by atomic mass is 10.1. The number of ether oxygens (including phenoxy) is 1. The third kappa shape index (κ3) is 6.10. The van der Waals surface area contributed by atoms with Crippen LogP contribution >= 0.6 is 0 Å². The number of nitrogens with zero attached hydrogens (tertiary/aromatic N) is 1. The van der Waals surface area contributed by atoms with Crippen LogP contribution in [-0.2, 0) is 11.2 Å². The Hall–Kier alpha value is -2.24. The highest BCUT2D eigenvalue weighted by molar-refractivity contribution is 5.78. The van der Waals surface area contributed by atoms with Crippen LogP contribution in [-0.4, -0.2) is 43.2 Å². The van der Waals surface area contributed by atoms with E-state index in [1.54, 1.807) is 0 Å². The highest BCUT2D eigenvalue weighted by Gasteiger charge is 2.18. The van der Waals surface area contributed by atoms with Crippen molar-refractivity contribution in [2.75, 3.05) is 26.4 Å². The average Bonchev–Trinajstić information content (AvgIpc) is 2.99. The van der Waals surface area contributed by atoms with Crippen LogP contribution in [0.5, 0.6) is 5.75 Å². The van der Waals surface area contributed by atoms with E-state index < -0.39 is 0 Å². The third-order valence-electron chi connectivity index (χ3n) is 4.00. The van der Waals surface area contributed by atoms with Gasteiger partial charge in [0.1, 0.15) is 5.75 Å². The lowest BCUT2D eigenvalue weighted by molar-refractivity contribution is -0.127. The molecular formula is C18H27N3O3. The second-order valence-electron chi connectivity index (χ2n) is 5.95. The SMILES string of the molecule is CCCc1ccc(OCNC(=O)NCCCN2CCCC2=O)cc1. The molecule has 1 aromatic carbocycles. The number of nitrogens with one attached hydrogen (secondary N) is 2. The molecule has 6 heteroatoms. The molecule has 0 atom stereocenters. The number of hydrogen-bond donors (Lipinski definition) is 2. The summed E-state index contributed by atoms with van der Waals surface area (Å²) in [7, 11) is 0. The molecule has 0 aliphatic carbocycles. The molecule has 24 heavy (non-hydrogen) atoms. The molecular weight excluding hydrogens is 306 g/mol. The number of hydrogen-bond acceptors (Lipinski definition) is 3. The summed E-state index contributed by atoms with van der Waals surface area (Å²) in [6, 6.07) is 7.65. The van der Waals surface area contributed by atoms with Crippen molar-refractivity contribution in [3.05, 3.63) is 29.8 Å². The summed E-state index contributed by atoms with van der Waals surface area (Å²) in [4.78, 5) is 24.9. The van der Waals surface area contributed by atoms with Crippen LogP contribution in [0, 0.1) is 0 Å². The summed E-state index contributed by atoms with van der Waals surface area (Å²) in [6.45, 7) is 4.37. The maximum atomic E-state index is 11.7. The van der Waals surface area contributed by atoms with E-state index in [-0.39, 0.29) is 18.7 Å². The minimum atomic E-state index is -0.259. The van der Waals surface area contributed by atoms with Gasteiger partial charge in [0.2, 0.25) is 5.91 Å². The van der Waals surface area contributed by atoms with Gasteiger partial charge in [0.05, 0.1) is 0 Å². The number of aryl methyl sites for hydroxylation is 1. The highest BCUT2D eigenvalue weighted by atomic mass is 16.5. The summed E-state index contributed by atoms with van der Waals surface area (Å²) >= 11 is 0. The zero-order valence-corrected chi connectivity index (χ0v) is 14.3. The Morgan fingerprint density at radius 2 is 2.04 bits per heavy atom. The molecule has 0 saturated carbocycles. The quantitative estimate of drug-likeness (QED) is 0.538. The lowest BCUT2D eigenvalue weighted by Crippen LogP contribution is -2.39. The van der Waals surface area contributed by atoms with Gasteiger partial charge in [0, 0.05) is 26.1 Å². The van der Waals surface area contributed by atoms with Crippen LogP contribution in [0.15, 0.2) is 24.3 Å². The molecule has 0 unspecified atom stereocenters. The molecule has 3 amide bonds. The standard InChI is InChI=1S/C18H27N3O3/c1-2-5-15-7-9-16(10-8-15)24-14-20-18(23)19-11-4-13-21-12-3-6-17(21)22/h7-10H,2-6,11-14H2,1H3,(H2,19,20,23). The van der Waals surface area contributed by atoms with Crippen molar-refractivity contribution in [3.8, 4) is 5.75 Å². The Balaban J connectivity index is 1.53. The predicted molar refractivity (Wildman–Crippen MR) is 92.9 cm³/mol. The highest BCUT2D eigenvalue weighted by Crippen LogP contribution is 2.13. The van der Waals surface area contributed by atoms with E-state index >= 15 is 0 Å². The molecule has 0 radical (unpaired) electrons. The predicted octanol–water partition coefficient (Wildman–Crippen LogP) is 2.29. The zero-order chi connectivity index (χ0) is 17.2.